The van der Waals surface area contributed by atoms with Gasteiger partial charge in [-0.1, -0.05) is 41.9 Å². The van der Waals surface area contributed by atoms with Gasteiger partial charge in [0, 0.05) is 16.3 Å². The Hall–Kier alpha value is -2.70. The molecule has 0 aliphatic heterocycles. The highest BCUT2D eigenvalue weighted by Gasteiger charge is 2.23. The average molecular weight is 399 g/mol. The largest absolute Gasteiger partial charge is 0.338 e. The molecule has 28 heavy (non-hydrogen) atoms. The van der Waals surface area contributed by atoms with Crippen molar-refractivity contribution in [3.05, 3.63) is 65.5 Å². The van der Waals surface area contributed by atoms with E-state index in [0.29, 0.717) is 23.3 Å². The van der Waals surface area contributed by atoms with Gasteiger partial charge in [-0.2, -0.15) is 4.98 Å². The number of anilines is 1. The molecule has 0 saturated carbocycles. The zero-order valence-electron chi connectivity index (χ0n) is 15.9. The molecule has 0 bridgehead atoms. The van der Waals surface area contributed by atoms with Crippen LogP contribution >= 0.6 is 11.6 Å². The minimum atomic E-state index is -0.342. The third-order valence-corrected chi connectivity index (χ3v) is 4.64. The number of nitrogens with zero attached hydrogens (tertiary/aromatic N) is 3. The number of amides is 1. The molecule has 1 aromatic heterocycles. The summed E-state index contributed by atoms with van der Waals surface area (Å²) in [6.45, 7) is 5.09. The van der Waals surface area contributed by atoms with Crippen molar-refractivity contribution in [3.8, 4) is 11.4 Å². The molecule has 6 nitrogen and oxygen atoms in total. The average Bonchev–Trinajstić information content (AvgIpc) is 3.17. The van der Waals surface area contributed by atoms with Gasteiger partial charge in [0.15, 0.2) is 0 Å². The first-order valence-corrected chi connectivity index (χ1v) is 9.63. The first kappa shape index (κ1) is 20.0. The predicted octanol–water partition coefficient (Wildman–Crippen LogP) is 4.63. The molecule has 1 N–H and O–H groups in total. The van der Waals surface area contributed by atoms with E-state index in [0.717, 1.165) is 24.2 Å². The van der Waals surface area contributed by atoms with Crippen LogP contribution < -0.4 is 5.32 Å². The standard InChI is InChI=1S/C21H23ClN4O2/c1-3-13-26(15(2)21(27)23-18-7-5-4-6-8-18)14-19-24-20(25-28-19)16-9-11-17(22)12-10-16/h4-12,15H,3,13-14H2,1-2H3,(H,23,27). The van der Waals surface area contributed by atoms with E-state index in [9.17, 15) is 4.79 Å². The number of carbonyl (C=O) groups is 1. The van der Waals surface area contributed by atoms with Crippen molar-refractivity contribution in [1.29, 1.82) is 0 Å². The van der Waals surface area contributed by atoms with Gasteiger partial charge in [0.05, 0.1) is 12.6 Å². The number of halogens is 1. The second-order valence-electron chi connectivity index (χ2n) is 6.52. The molecule has 0 aliphatic carbocycles. The van der Waals surface area contributed by atoms with Gasteiger partial charge in [0.1, 0.15) is 0 Å². The molecule has 2 aromatic carbocycles. The van der Waals surface area contributed by atoms with E-state index in [-0.39, 0.29) is 11.9 Å². The Kier molecular flexibility index (Phi) is 6.79. The highest BCUT2D eigenvalue weighted by Crippen LogP contribution is 2.19. The van der Waals surface area contributed by atoms with E-state index >= 15 is 0 Å². The molecule has 3 aromatic rings. The maximum Gasteiger partial charge on any atom is 0.241 e. The molecular weight excluding hydrogens is 376 g/mol. The molecule has 0 aliphatic rings. The smallest absolute Gasteiger partial charge is 0.241 e. The first-order chi connectivity index (χ1) is 13.6. The molecular formula is C21H23ClN4O2. The monoisotopic (exact) mass is 398 g/mol. The number of hydrogen-bond donors (Lipinski definition) is 1. The second kappa shape index (κ2) is 9.48. The van der Waals surface area contributed by atoms with Crippen LogP contribution in [0, 0.1) is 0 Å². The Morgan fingerprint density at radius 1 is 1.18 bits per heavy atom. The van der Waals surface area contributed by atoms with Gasteiger partial charge in [-0.3, -0.25) is 9.69 Å². The fourth-order valence-corrected chi connectivity index (χ4v) is 2.97. The van der Waals surface area contributed by atoms with Crippen LogP contribution in [0.4, 0.5) is 5.69 Å². The highest BCUT2D eigenvalue weighted by atomic mass is 35.5. The Labute approximate surface area is 169 Å². The third kappa shape index (κ3) is 5.18. The molecule has 1 heterocycles. The van der Waals surface area contributed by atoms with Crippen molar-refractivity contribution in [2.24, 2.45) is 0 Å². The summed E-state index contributed by atoms with van der Waals surface area (Å²) in [6.07, 6.45) is 0.904. The lowest BCUT2D eigenvalue weighted by Crippen LogP contribution is -2.42. The number of aromatic nitrogens is 2. The predicted molar refractivity (Wildman–Crippen MR) is 110 cm³/mol. The zero-order chi connectivity index (χ0) is 19.9. The van der Waals surface area contributed by atoms with Gasteiger partial charge in [0.2, 0.25) is 17.6 Å². The van der Waals surface area contributed by atoms with Gasteiger partial charge in [0.25, 0.3) is 0 Å². The van der Waals surface area contributed by atoms with E-state index in [4.69, 9.17) is 16.1 Å². The lowest BCUT2D eigenvalue weighted by Gasteiger charge is -2.26. The number of rotatable bonds is 8. The van der Waals surface area contributed by atoms with Crippen molar-refractivity contribution >= 4 is 23.2 Å². The summed E-state index contributed by atoms with van der Waals surface area (Å²) in [5.41, 5.74) is 1.61. The first-order valence-electron chi connectivity index (χ1n) is 9.25. The van der Waals surface area contributed by atoms with E-state index in [2.05, 4.69) is 22.4 Å². The van der Waals surface area contributed by atoms with Crippen molar-refractivity contribution in [2.45, 2.75) is 32.9 Å². The second-order valence-corrected chi connectivity index (χ2v) is 6.96. The Balaban J connectivity index is 1.68. The fraction of sp³-hybridized carbons (Fsp3) is 0.286. The number of nitrogens with one attached hydrogen (secondary N) is 1. The van der Waals surface area contributed by atoms with E-state index in [1.54, 1.807) is 12.1 Å². The van der Waals surface area contributed by atoms with E-state index in [1.165, 1.54) is 0 Å². The lowest BCUT2D eigenvalue weighted by molar-refractivity contribution is -0.121. The number of benzene rings is 2. The summed E-state index contributed by atoms with van der Waals surface area (Å²) in [5.74, 6) is 0.902. The van der Waals surface area contributed by atoms with Gasteiger partial charge in [-0.15, -0.1) is 0 Å². The van der Waals surface area contributed by atoms with E-state index in [1.807, 2.05) is 54.3 Å². The van der Waals surface area contributed by atoms with Crippen LogP contribution in [-0.2, 0) is 11.3 Å². The van der Waals surface area contributed by atoms with Crippen LogP contribution in [0.5, 0.6) is 0 Å². The fourth-order valence-electron chi connectivity index (χ4n) is 2.84. The van der Waals surface area contributed by atoms with Crippen LogP contribution in [0.2, 0.25) is 5.02 Å². The summed E-state index contributed by atoms with van der Waals surface area (Å²) >= 11 is 5.92. The molecule has 7 heteroatoms. The molecule has 3 rings (SSSR count). The molecule has 146 valence electrons. The molecule has 0 radical (unpaired) electrons. The molecule has 0 saturated heterocycles. The molecule has 1 amide bonds. The normalized spacial score (nSPS) is 12.1. The lowest BCUT2D eigenvalue weighted by atomic mass is 10.2. The highest BCUT2D eigenvalue weighted by molar-refractivity contribution is 6.30. The Morgan fingerprint density at radius 2 is 1.89 bits per heavy atom. The van der Waals surface area contributed by atoms with Gasteiger partial charge >= 0.3 is 0 Å². The quantitative estimate of drug-likeness (QED) is 0.599. The van der Waals surface area contributed by atoms with Crippen molar-refractivity contribution in [3.63, 3.8) is 0 Å². The van der Waals surface area contributed by atoms with Gasteiger partial charge in [-0.25, -0.2) is 0 Å². The van der Waals surface area contributed by atoms with Crippen LogP contribution in [0.25, 0.3) is 11.4 Å². The maximum absolute atomic E-state index is 12.6. The summed E-state index contributed by atoms with van der Waals surface area (Å²) < 4.78 is 5.41. The number of para-hydroxylation sites is 1. The summed E-state index contributed by atoms with van der Waals surface area (Å²) in [6, 6.07) is 16.3. The van der Waals surface area contributed by atoms with Crippen LogP contribution in [-0.4, -0.2) is 33.5 Å². The van der Waals surface area contributed by atoms with Crippen molar-refractivity contribution in [1.82, 2.24) is 15.0 Å². The Morgan fingerprint density at radius 3 is 2.57 bits per heavy atom. The topological polar surface area (TPSA) is 71.3 Å². The van der Waals surface area contributed by atoms with E-state index < -0.39 is 0 Å². The van der Waals surface area contributed by atoms with Crippen molar-refractivity contribution < 1.29 is 9.32 Å². The van der Waals surface area contributed by atoms with Crippen LogP contribution in [0.1, 0.15) is 26.2 Å². The minimum absolute atomic E-state index is 0.0721. The summed E-state index contributed by atoms with van der Waals surface area (Å²) in [4.78, 5) is 19.1. The van der Waals surface area contributed by atoms with Crippen molar-refractivity contribution in [2.75, 3.05) is 11.9 Å². The molecule has 1 atom stereocenters. The van der Waals surface area contributed by atoms with Gasteiger partial charge < -0.3 is 9.84 Å². The third-order valence-electron chi connectivity index (χ3n) is 4.39. The zero-order valence-corrected chi connectivity index (χ0v) is 16.7. The summed E-state index contributed by atoms with van der Waals surface area (Å²) in [7, 11) is 0. The van der Waals surface area contributed by atoms with Crippen LogP contribution in [0.3, 0.4) is 0 Å². The molecule has 0 spiro atoms. The number of carbonyl (C=O) groups excluding carboxylic acids is 1. The Bertz CT molecular complexity index is 896. The van der Waals surface area contributed by atoms with Gasteiger partial charge in [-0.05, 0) is 56.3 Å². The van der Waals surface area contributed by atoms with Crippen LogP contribution in [0.15, 0.2) is 59.1 Å². The number of hydrogen-bond acceptors (Lipinski definition) is 5. The summed E-state index contributed by atoms with van der Waals surface area (Å²) in [5, 5.41) is 7.64. The SMILES string of the molecule is CCCN(Cc1nc(-c2ccc(Cl)cc2)no1)C(C)C(=O)Nc1ccccc1. The molecule has 1 unspecified atom stereocenters. The maximum atomic E-state index is 12.6. The molecule has 0 fully saturated rings. The minimum Gasteiger partial charge on any atom is -0.338 e.